The molecule has 1 aliphatic rings. The number of pyridine rings is 3. The molecule has 3 N–H and O–H groups in total. The Morgan fingerprint density at radius 1 is 1.00 bits per heavy atom. The molecule has 0 saturated heterocycles. The van der Waals surface area contributed by atoms with E-state index in [2.05, 4.69) is 25.1 Å². The molecular weight excluding hydrogens is 575 g/mol. The number of fused-ring (bicyclic) bond motifs is 2. The number of anilines is 1. The molecule has 0 aliphatic heterocycles. The molecule has 5 aromatic heterocycles. The number of nitrogens with one attached hydrogen (secondary N) is 1. The molecular formula is C30H22F3N9O2. The highest BCUT2D eigenvalue weighted by atomic mass is 19.4. The van der Waals surface area contributed by atoms with Gasteiger partial charge in [-0.1, -0.05) is 6.07 Å². The van der Waals surface area contributed by atoms with E-state index in [9.17, 15) is 18.0 Å². The third-order valence-electron chi connectivity index (χ3n) is 7.29. The fraction of sp³-hybridized carbons (Fsp3) is 0.133. The number of imidazole rings is 1. The molecule has 14 heteroatoms. The van der Waals surface area contributed by atoms with E-state index < -0.39 is 18.1 Å². The predicted octanol–water partition coefficient (Wildman–Crippen LogP) is 4.96. The van der Waals surface area contributed by atoms with Gasteiger partial charge in [0.1, 0.15) is 11.3 Å². The monoisotopic (exact) mass is 597 g/mol. The summed E-state index contributed by atoms with van der Waals surface area (Å²) in [5.74, 6) is 0.252. The van der Waals surface area contributed by atoms with Crippen molar-refractivity contribution < 1.29 is 22.7 Å². The van der Waals surface area contributed by atoms with Crippen LogP contribution in [0.5, 0.6) is 5.88 Å². The number of ether oxygens (including phenoxy) is 1. The Kier molecular flexibility index (Phi) is 6.45. The molecule has 0 fully saturated rings. The van der Waals surface area contributed by atoms with Gasteiger partial charge in [0.15, 0.2) is 17.3 Å². The van der Waals surface area contributed by atoms with Gasteiger partial charge < -0.3 is 15.8 Å². The first-order valence-corrected chi connectivity index (χ1v) is 13.5. The van der Waals surface area contributed by atoms with Crippen LogP contribution in [0.15, 0.2) is 85.5 Å². The van der Waals surface area contributed by atoms with Crippen molar-refractivity contribution in [1.82, 2.24) is 39.6 Å². The lowest BCUT2D eigenvalue weighted by Gasteiger charge is -2.16. The van der Waals surface area contributed by atoms with Crippen LogP contribution >= 0.6 is 0 Å². The van der Waals surface area contributed by atoms with Gasteiger partial charge in [-0.25, -0.2) is 24.6 Å². The van der Waals surface area contributed by atoms with Gasteiger partial charge in [-0.15, -0.1) is 13.2 Å². The molecule has 7 rings (SSSR count). The Balaban J connectivity index is 1.24. The Morgan fingerprint density at radius 3 is 2.68 bits per heavy atom. The molecule has 1 aliphatic carbocycles. The Bertz CT molecular complexity index is 2020. The normalized spacial score (nSPS) is 14.5. The van der Waals surface area contributed by atoms with E-state index in [0.717, 1.165) is 29.1 Å². The van der Waals surface area contributed by atoms with Crippen LogP contribution in [0.2, 0.25) is 0 Å². The number of hydrogen-bond acceptors (Lipinski definition) is 8. The van der Waals surface area contributed by atoms with Crippen LogP contribution in [-0.2, 0) is 6.42 Å². The van der Waals surface area contributed by atoms with Gasteiger partial charge in [0, 0.05) is 42.1 Å². The first-order chi connectivity index (χ1) is 21.2. The summed E-state index contributed by atoms with van der Waals surface area (Å²) in [5.41, 5.74) is 10.8. The Labute approximate surface area is 247 Å². The average molecular weight is 598 g/mol. The molecule has 6 aromatic rings. The van der Waals surface area contributed by atoms with Crippen LogP contribution in [0.4, 0.5) is 19.0 Å². The van der Waals surface area contributed by atoms with Crippen molar-refractivity contribution in [3.8, 4) is 28.8 Å². The number of benzene rings is 1. The Hall–Kier alpha value is -5.79. The summed E-state index contributed by atoms with van der Waals surface area (Å²) in [6.45, 7) is 0. The zero-order valence-corrected chi connectivity index (χ0v) is 22.7. The number of nitrogen functional groups attached to an aromatic ring is 1. The molecule has 0 radical (unpaired) electrons. The predicted molar refractivity (Wildman–Crippen MR) is 153 cm³/mol. The lowest BCUT2D eigenvalue weighted by Crippen LogP contribution is -2.27. The van der Waals surface area contributed by atoms with E-state index >= 15 is 0 Å². The van der Waals surface area contributed by atoms with Gasteiger partial charge in [0.2, 0.25) is 5.88 Å². The van der Waals surface area contributed by atoms with Crippen LogP contribution in [0.3, 0.4) is 0 Å². The molecule has 1 atom stereocenters. The van der Waals surface area contributed by atoms with Crippen molar-refractivity contribution in [2.24, 2.45) is 0 Å². The summed E-state index contributed by atoms with van der Waals surface area (Å²) in [5, 5.41) is 7.22. The second-order valence-corrected chi connectivity index (χ2v) is 10.0. The minimum absolute atomic E-state index is 0.00645. The van der Waals surface area contributed by atoms with Crippen LogP contribution in [0, 0.1) is 0 Å². The van der Waals surface area contributed by atoms with Crippen LogP contribution in [0.1, 0.15) is 33.9 Å². The molecule has 0 saturated carbocycles. The first kappa shape index (κ1) is 27.1. The molecule has 1 amide bonds. The van der Waals surface area contributed by atoms with E-state index in [1.54, 1.807) is 29.3 Å². The molecule has 44 heavy (non-hydrogen) atoms. The number of carbonyl (C=O) groups is 1. The van der Waals surface area contributed by atoms with Crippen molar-refractivity contribution in [3.05, 3.63) is 102 Å². The number of hydrogen-bond donors (Lipinski definition) is 2. The first-order valence-electron chi connectivity index (χ1n) is 13.5. The van der Waals surface area contributed by atoms with E-state index in [1.165, 1.54) is 6.07 Å². The minimum Gasteiger partial charge on any atom is -0.388 e. The van der Waals surface area contributed by atoms with Gasteiger partial charge in [0.05, 0.1) is 11.6 Å². The zero-order valence-electron chi connectivity index (χ0n) is 22.7. The van der Waals surface area contributed by atoms with Gasteiger partial charge in [0.25, 0.3) is 5.91 Å². The lowest BCUT2D eigenvalue weighted by molar-refractivity contribution is -0.276. The minimum atomic E-state index is -4.91. The molecule has 0 spiro atoms. The van der Waals surface area contributed by atoms with Gasteiger partial charge >= 0.3 is 6.36 Å². The number of aryl methyl sites for hydroxylation is 1. The maximum absolute atomic E-state index is 13.0. The number of halogens is 3. The van der Waals surface area contributed by atoms with E-state index in [1.807, 2.05) is 47.0 Å². The summed E-state index contributed by atoms with van der Waals surface area (Å²) < 4.78 is 45.3. The highest BCUT2D eigenvalue weighted by Crippen LogP contribution is 2.36. The summed E-state index contributed by atoms with van der Waals surface area (Å²) in [6.07, 6.45) is 2.54. The van der Waals surface area contributed by atoms with Crippen molar-refractivity contribution in [3.63, 3.8) is 0 Å². The van der Waals surface area contributed by atoms with Crippen molar-refractivity contribution in [2.75, 3.05) is 5.73 Å². The average Bonchev–Trinajstić information content (AvgIpc) is 3.75. The van der Waals surface area contributed by atoms with E-state index in [4.69, 9.17) is 15.7 Å². The number of aromatic nitrogens is 7. The smallest absolute Gasteiger partial charge is 0.388 e. The maximum Gasteiger partial charge on any atom is 0.574 e. The number of rotatable bonds is 6. The highest BCUT2D eigenvalue weighted by Gasteiger charge is 2.32. The standard InChI is InChI=1S/C30H22F3N9O2/c31-30(32,33)44-25-16-18(10-13-35-25)29(43)39-22-7-4-17-15-19(5-6-20(17)22)42-27(21-3-1-11-36-26(21)34)38-23-8-9-24(40-28(23)42)41-14-2-12-37-41/h1-3,5-6,8-16,22H,4,7H2,(H2,34,36)(H,39,43)/t22-/m0/s1. The second-order valence-electron chi connectivity index (χ2n) is 10.0. The molecule has 0 unspecified atom stereocenters. The number of nitrogens with zero attached hydrogens (tertiary/aromatic N) is 7. The fourth-order valence-corrected chi connectivity index (χ4v) is 5.37. The molecule has 0 bridgehead atoms. The fourth-order valence-electron chi connectivity index (χ4n) is 5.37. The maximum atomic E-state index is 13.0. The summed E-state index contributed by atoms with van der Waals surface area (Å²) in [7, 11) is 0. The third kappa shape index (κ3) is 5.06. The number of amides is 1. The van der Waals surface area contributed by atoms with Gasteiger partial charge in [-0.05, 0) is 72.5 Å². The number of nitrogens with two attached hydrogens (primary N) is 1. The van der Waals surface area contributed by atoms with Crippen LogP contribution < -0.4 is 15.8 Å². The van der Waals surface area contributed by atoms with Crippen molar-refractivity contribution >= 4 is 22.9 Å². The quantitative estimate of drug-likeness (QED) is 0.275. The van der Waals surface area contributed by atoms with Crippen LogP contribution in [-0.4, -0.2) is 46.6 Å². The van der Waals surface area contributed by atoms with E-state index in [0.29, 0.717) is 47.0 Å². The largest absolute Gasteiger partial charge is 0.574 e. The molecule has 11 nitrogen and oxygen atoms in total. The highest BCUT2D eigenvalue weighted by molar-refractivity contribution is 5.94. The molecule has 1 aromatic carbocycles. The summed E-state index contributed by atoms with van der Waals surface area (Å²) in [4.78, 5) is 30.5. The summed E-state index contributed by atoms with van der Waals surface area (Å²) >= 11 is 0. The SMILES string of the molecule is Nc1ncccc1-c1nc2ccc(-n3cccn3)nc2n1-c1ccc2c(c1)CC[C@@H]2NC(=O)c1ccnc(OC(F)(F)F)c1. The van der Waals surface area contributed by atoms with E-state index in [-0.39, 0.29) is 11.6 Å². The number of alkyl halides is 3. The van der Waals surface area contributed by atoms with Crippen molar-refractivity contribution in [2.45, 2.75) is 25.2 Å². The Morgan fingerprint density at radius 2 is 1.89 bits per heavy atom. The third-order valence-corrected chi connectivity index (χ3v) is 7.29. The summed E-state index contributed by atoms with van der Waals surface area (Å²) in [6, 6.07) is 16.9. The van der Waals surface area contributed by atoms with Gasteiger partial charge in [-0.3, -0.25) is 9.36 Å². The van der Waals surface area contributed by atoms with Crippen molar-refractivity contribution in [1.29, 1.82) is 0 Å². The molecule has 5 heterocycles. The van der Waals surface area contributed by atoms with Gasteiger partial charge in [-0.2, -0.15) is 5.10 Å². The topological polar surface area (TPSA) is 139 Å². The number of carbonyl (C=O) groups excluding carboxylic acids is 1. The molecule has 220 valence electrons. The zero-order chi connectivity index (χ0) is 30.4. The lowest BCUT2D eigenvalue weighted by atomic mass is 10.1. The van der Waals surface area contributed by atoms with Crippen LogP contribution in [0.25, 0.3) is 34.1 Å². The second kappa shape index (κ2) is 10.5.